The van der Waals surface area contributed by atoms with Gasteiger partial charge in [-0.2, -0.15) is 0 Å². The summed E-state index contributed by atoms with van der Waals surface area (Å²) < 4.78 is 7.15. The molecular formula is C22H25ClN2O2S. The maximum atomic E-state index is 9.29. The van der Waals surface area contributed by atoms with E-state index in [0.29, 0.717) is 5.92 Å². The van der Waals surface area contributed by atoms with Gasteiger partial charge in [0.15, 0.2) is 5.13 Å². The number of piperidine rings is 1. The van der Waals surface area contributed by atoms with Gasteiger partial charge in [-0.3, -0.25) is 0 Å². The van der Waals surface area contributed by atoms with Crippen LogP contribution in [0.15, 0.2) is 36.4 Å². The first-order valence-corrected chi connectivity index (χ1v) is 11.0. The maximum Gasteiger partial charge on any atom is 0.186 e. The Morgan fingerprint density at radius 2 is 2.04 bits per heavy atom. The summed E-state index contributed by atoms with van der Waals surface area (Å²) in [6.45, 7) is 4.89. The fourth-order valence-electron chi connectivity index (χ4n) is 3.67. The molecule has 4 nitrogen and oxygen atoms in total. The number of aromatic nitrogens is 1. The molecule has 4 rings (SSSR count). The van der Waals surface area contributed by atoms with E-state index in [9.17, 15) is 5.11 Å². The molecule has 1 aliphatic heterocycles. The van der Waals surface area contributed by atoms with E-state index in [-0.39, 0.29) is 6.61 Å². The summed E-state index contributed by atoms with van der Waals surface area (Å²) in [4.78, 5) is 7.16. The molecule has 28 heavy (non-hydrogen) atoms. The van der Waals surface area contributed by atoms with Gasteiger partial charge in [0.25, 0.3) is 0 Å². The van der Waals surface area contributed by atoms with Gasteiger partial charge in [0.05, 0.1) is 23.4 Å². The Balaban J connectivity index is 1.28. The molecule has 0 amide bonds. The number of rotatable bonds is 6. The first-order chi connectivity index (χ1) is 13.6. The highest BCUT2D eigenvalue weighted by Crippen LogP contribution is 2.33. The SMILES string of the molecule is Cc1ccc(CO)cc1OCCC1CCN(c2nc3ccc(Cl)cc3s2)CC1. The molecule has 1 aliphatic rings. The van der Waals surface area contributed by atoms with Crippen molar-refractivity contribution >= 4 is 38.3 Å². The van der Waals surface area contributed by atoms with Crippen LogP contribution in [0.2, 0.25) is 5.02 Å². The molecule has 0 unspecified atom stereocenters. The van der Waals surface area contributed by atoms with Crippen molar-refractivity contribution in [1.82, 2.24) is 4.98 Å². The number of aryl methyl sites for hydroxylation is 1. The van der Waals surface area contributed by atoms with Crippen molar-refractivity contribution in [2.24, 2.45) is 5.92 Å². The third-order valence-electron chi connectivity index (χ3n) is 5.44. The standard InChI is InChI=1S/C22H25ClN2O2S/c1-15-2-3-17(14-26)12-20(15)27-11-8-16-6-9-25(10-7-16)22-24-19-5-4-18(23)13-21(19)28-22/h2-5,12-13,16,26H,6-11,14H2,1H3. The van der Waals surface area contributed by atoms with Crippen molar-refractivity contribution in [3.63, 3.8) is 0 Å². The molecule has 2 aromatic carbocycles. The number of thiazole rings is 1. The first-order valence-electron chi connectivity index (χ1n) is 9.76. The molecule has 148 valence electrons. The van der Waals surface area contributed by atoms with E-state index in [0.717, 1.165) is 76.2 Å². The van der Waals surface area contributed by atoms with Crippen LogP contribution in [0.3, 0.4) is 0 Å². The number of aliphatic hydroxyl groups is 1. The maximum absolute atomic E-state index is 9.29. The summed E-state index contributed by atoms with van der Waals surface area (Å²) >= 11 is 7.82. The van der Waals surface area contributed by atoms with Gasteiger partial charge in [-0.25, -0.2) is 4.98 Å². The fourth-order valence-corrected chi connectivity index (χ4v) is 4.96. The third-order valence-corrected chi connectivity index (χ3v) is 6.76. The lowest BCUT2D eigenvalue weighted by atomic mass is 9.94. The number of hydrogen-bond donors (Lipinski definition) is 1. The number of nitrogens with zero attached hydrogens (tertiary/aromatic N) is 2. The first kappa shape index (κ1) is 19.5. The smallest absolute Gasteiger partial charge is 0.186 e. The lowest BCUT2D eigenvalue weighted by molar-refractivity contribution is 0.254. The van der Waals surface area contributed by atoms with Crippen LogP contribution in [0.4, 0.5) is 5.13 Å². The molecule has 1 saturated heterocycles. The highest BCUT2D eigenvalue weighted by Gasteiger charge is 2.21. The predicted octanol–water partition coefficient (Wildman–Crippen LogP) is 5.44. The molecule has 2 heterocycles. The Labute approximate surface area is 174 Å². The van der Waals surface area contributed by atoms with Crippen LogP contribution in [0.1, 0.15) is 30.4 Å². The van der Waals surface area contributed by atoms with Crippen molar-refractivity contribution in [2.45, 2.75) is 32.8 Å². The van der Waals surface area contributed by atoms with Crippen molar-refractivity contribution in [1.29, 1.82) is 0 Å². The Morgan fingerprint density at radius 1 is 1.21 bits per heavy atom. The van der Waals surface area contributed by atoms with Crippen LogP contribution >= 0.6 is 22.9 Å². The fraction of sp³-hybridized carbons (Fsp3) is 0.409. The number of ether oxygens (including phenoxy) is 1. The minimum atomic E-state index is 0.0487. The number of hydrogen-bond acceptors (Lipinski definition) is 5. The molecule has 3 aromatic rings. The summed E-state index contributed by atoms with van der Waals surface area (Å²) in [5, 5.41) is 11.2. The highest BCUT2D eigenvalue weighted by atomic mass is 35.5. The van der Waals surface area contributed by atoms with Gasteiger partial charge < -0.3 is 14.7 Å². The second-order valence-corrected chi connectivity index (χ2v) is 8.88. The van der Waals surface area contributed by atoms with Crippen molar-refractivity contribution in [2.75, 3.05) is 24.6 Å². The Kier molecular flexibility index (Phi) is 6.04. The topological polar surface area (TPSA) is 45.6 Å². The van der Waals surface area contributed by atoms with Crippen LogP contribution in [0.25, 0.3) is 10.2 Å². The summed E-state index contributed by atoms with van der Waals surface area (Å²) in [7, 11) is 0. The Hall–Kier alpha value is -1.82. The van der Waals surface area contributed by atoms with E-state index in [1.807, 2.05) is 43.3 Å². The van der Waals surface area contributed by atoms with E-state index >= 15 is 0 Å². The monoisotopic (exact) mass is 416 g/mol. The van der Waals surface area contributed by atoms with E-state index in [4.69, 9.17) is 21.3 Å². The molecule has 0 bridgehead atoms. The molecule has 1 aromatic heterocycles. The Bertz CT molecular complexity index is 951. The predicted molar refractivity (Wildman–Crippen MR) is 117 cm³/mol. The van der Waals surface area contributed by atoms with Crippen LogP contribution in [0, 0.1) is 12.8 Å². The van der Waals surface area contributed by atoms with Crippen molar-refractivity contribution < 1.29 is 9.84 Å². The summed E-state index contributed by atoms with van der Waals surface area (Å²) in [5.41, 5.74) is 3.04. The van der Waals surface area contributed by atoms with Crippen molar-refractivity contribution in [3.8, 4) is 5.75 Å². The number of fused-ring (bicyclic) bond motifs is 1. The van der Waals surface area contributed by atoms with Crippen LogP contribution in [-0.2, 0) is 6.61 Å². The van der Waals surface area contributed by atoms with E-state index < -0.39 is 0 Å². The van der Waals surface area contributed by atoms with E-state index in [2.05, 4.69) is 4.90 Å². The van der Waals surface area contributed by atoms with Crippen LogP contribution in [0.5, 0.6) is 5.75 Å². The van der Waals surface area contributed by atoms with Crippen molar-refractivity contribution in [3.05, 3.63) is 52.5 Å². The average molecular weight is 417 g/mol. The Morgan fingerprint density at radius 3 is 2.82 bits per heavy atom. The summed E-state index contributed by atoms with van der Waals surface area (Å²) in [6.07, 6.45) is 3.39. The van der Waals surface area contributed by atoms with Crippen LogP contribution in [-0.4, -0.2) is 29.8 Å². The third kappa shape index (κ3) is 4.43. The normalized spacial score (nSPS) is 15.3. The zero-order valence-corrected chi connectivity index (χ0v) is 17.6. The minimum absolute atomic E-state index is 0.0487. The molecule has 1 N–H and O–H groups in total. The number of aliphatic hydroxyl groups excluding tert-OH is 1. The number of benzene rings is 2. The minimum Gasteiger partial charge on any atom is -0.493 e. The van der Waals surface area contributed by atoms with E-state index in [1.54, 1.807) is 11.3 Å². The quantitative estimate of drug-likeness (QED) is 0.581. The largest absolute Gasteiger partial charge is 0.493 e. The van der Waals surface area contributed by atoms with Gasteiger partial charge in [-0.05, 0) is 67.5 Å². The molecule has 0 atom stereocenters. The number of anilines is 1. The average Bonchev–Trinajstić information content (AvgIpc) is 3.13. The second kappa shape index (κ2) is 8.68. The van der Waals surface area contributed by atoms with E-state index in [1.165, 1.54) is 0 Å². The molecule has 0 saturated carbocycles. The van der Waals surface area contributed by atoms with Gasteiger partial charge in [0.2, 0.25) is 0 Å². The lowest BCUT2D eigenvalue weighted by Gasteiger charge is -2.31. The molecule has 0 aliphatic carbocycles. The van der Waals surface area contributed by atoms with Crippen LogP contribution < -0.4 is 9.64 Å². The summed E-state index contributed by atoms with van der Waals surface area (Å²) in [5.74, 6) is 1.57. The molecule has 6 heteroatoms. The van der Waals surface area contributed by atoms with Gasteiger partial charge in [-0.15, -0.1) is 0 Å². The highest BCUT2D eigenvalue weighted by molar-refractivity contribution is 7.22. The number of halogens is 1. The lowest BCUT2D eigenvalue weighted by Crippen LogP contribution is -2.34. The van der Waals surface area contributed by atoms with Gasteiger partial charge in [-0.1, -0.05) is 35.1 Å². The van der Waals surface area contributed by atoms with Gasteiger partial charge >= 0.3 is 0 Å². The second-order valence-electron chi connectivity index (χ2n) is 7.43. The molecule has 0 spiro atoms. The van der Waals surface area contributed by atoms with Gasteiger partial charge in [0, 0.05) is 18.1 Å². The molecular weight excluding hydrogens is 392 g/mol. The molecule has 1 fully saturated rings. The summed E-state index contributed by atoms with van der Waals surface area (Å²) in [6, 6.07) is 11.8. The molecule has 0 radical (unpaired) electrons. The van der Waals surface area contributed by atoms with Gasteiger partial charge in [0.1, 0.15) is 5.75 Å². The zero-order chi connectivity index (χ0) is 19.5. The zero-order valence-electron chi connectivity index (χ0n) is 16.0.